The number of carbonyl (C=O) groups is 1. The van der Waals surface area contributed by atoms with Gasteiger partial charge in [0.15, 0.2) is 0 Å². The van der Waals surface area contributed by atoms with E-state index in [1.165, 1.54) is 0 Å². The second kappa shape index (κ2) is 7.42. The van der Waals surface area contributed by atoms with E-state index in [0.29, 0.717) is 24.8 Å². The van der Waals surface area contributed by atoms with Crippen molar-refractivity contribution in [1.29, 1.82) is 0 Å². The number of hydrogen-bond donors (Lipinski definition) is 0. The third kappa shape index (κ3) is 3.94. The predicted octanol–water partition coefficient (Wildman–Crippen LogP) is 2.84. The first kappa shape index (κ1) is 17.7. The number of carbonyl (C=O) groups excluding carboxylic acids is 1. The topological polar surface area (TPSA) is 56.0 Å². The van der Waals surface area contributed by atoms with Crippen LogP contribution in [0.4, 0.5) is 0 Å². The van der Waals surface area contributed by atoms with Crippen molar-refractivity contribution < 1.29 is 4.79 Å². The van der Waals surface area contributed by atoms with E-state index < -0.39 is 0 Å². The van der Waals surface area contributed by atoms with Gasteiger partial charge in [0.1, 0.15) is 11.6 Å². The molecule has 1 atom stereocenters. The Morgan fingerprint density at radius 2 is 2.20 bits per heavy atom. The van der Waals surface area contributed by atoms with Crippen LogP contribution in [0.1, 0.15) is 62.3 Å². The molecule has 1 aliphatic rings. The lowest BCUT2D eigenvalue weighted by Crippen LogP contribution is -2.40. The molecule has 136 valence electrons. The van der Waals surface area contributed by atoms with Gasteiger partial charge < -0.3 is 14.0 Å². The average Bonchev–Trinajstić information content (AvgIpc) is 3.18. The van der Waals surface area contributed by atoms with E-state index in [1.54, 1.807) is 0 Å². The highest BCUT2D eigenvalue weighted by Crippen LogP contribution is 2.26. The molecule has 0 radical (unpaired) electrons. The number of nitrogens with zero attached hydrogens (tertiary/aromatic N) is 5. The van der Waals surface area contributed by atoms with Crippen LogP contribution in [0, 0.1) is 6.92 Å². The van der Waals surface area contributed by atoms with Crippen molar-refractivity contribution in [2.75, 3.05) is 13.1 Å². The van der Waals surface area contributed by atoms with Crippen molar-refractivity contribution in [1.82, 2.24) is 24.0 Å². The quantitative estimate of drug-likeness (QED) is 0.839. The number of likely N-dealkylation sites (tertiary alicyclic amines) is 1. The molecule has 0 saturated carbocycles. The first-order valence-corrected chi connectivity index (χ1v) is 9.24. The van der Waals surface area contributed by atoms with E-state index in [4.69, 9.17) is 0 Å². The Labute approximate surface area is 149 Å². The summed E-state index contributed by atoms with van der Waals surface area (Å²) in [7, 11) is 2.04. The van der Waals surface area contributed by atoms with Gasteiger partial charge in [-0.1, -0.05) is 13.8 Å². The van der Waals surface area contributed by atoms with Crippen LogP contribution < -0.4 is 0 Å². The fraction of sp³-hybridized carbons (Fsp3) is 0.632. The van der Waals surface area contributed by atoms with E-state index in [2.05, 4.69) is 39.1 Å². The lowest BCUT2D eigenvalue weighted by atomic mass is 9.97. The molecule has 6 heteroatoms. The Morgan fingerprint density at radius 1 is 1.40 bits per heavy atom. The summed E-state index contributed by atoms with van der Waals surface area (Å²) in [5.74, 6) is 3.10. The highest BCUT2D eigenvalue weighted by atomic mass is 16.2. The summed E-state index contributed by atoms with van der Waals surface area (Å²) in [5.41, 5.74) is 1.04. The molecule has 1 amide bonds. The van der Waals surface area contributed by atoms with Crippen LogP contribution in [0.25, 0.3) is 0 Å². The highest BCUT2D eigenvalue weighted by molar-refractivity contribution is 5.76. The minimum atomic E-state index is 0.235. The van der Waals surface area contributed by atoms with E-state index in [9.17, 15) is 4.79 Å². The molecule has 0 aromatic carbocycles. The maximum Gasteiger partial charge on any atom is 0.224 e. The van der Waals surface area contributed by atoms with E-state index in [0.717, 1.165) is 43.3 Å². The Kier molecular flexibility index (Phi) is 5.25. The lowest BCUT2D eigenvalue weighted by Gasteiger charge is -2.32. The maximum atomic E-state index is 12.7. The average molecular weight is 343 g/mol. The van der Waals surface area contributed by atoms with Gasteiger partial charge in [0.25, 0.3) is 0 Å². The number of aromatic nitrogens is 4. The van der Waals surface area contributed by atoms with Gasteiger partial charge in [0.05, 0.1) is 5.69 Å². The van der Waals surface area contributed by atoms with Gasteiger partial charge in [-0.25, -0.2) is 9.97 Å². The summed E-state index contributed by atoms with van der Waals surface area (Å²) in [6, 6.07) is 0. The summed E-state index contributed by atoms with van der Waals surface area (Å²) in [5, 5.41) is 0. The molecule has 0 bridgehead atoms. The van der Waals surface area contributed by atoms with E-state index in [-0.39, 0.29) is 5.91 Å². The number of piperidine rings is 1. The minimum absolute atomic E-state index is 0.235. The minimum Gasteiger partial charge on any atom is -0.342 e. The fourth-order valence-corrected chi connectivity index (χ4v) is 3.81. The summed E-state index contributed by atoms with van der Waals surface area (Å²) >= 11 is 0. The van der Waals surface area contributed by atoms with Gasteiger partial charge in [0.2, 0.25) is 5.91 Å². The Hall–Kier alpha value is -2.11. The van der Waals surface area contributed by atoms with Crippen LogP contribution in [0.5, 0.6) is 0 Å². The number of rotatable bonds is 5. The van der Waals surface area contributed by atoms with Crippen LogP contribution in [0.3, 0.4) is 0 Å². The zero-order valence-electron chi connectivity index (χ0n) is 15.8. The first-order valence-electron chi connectivity index (χ1n) is 9.24. The Balaban J connectivity index is 1.60. The third-order valence-corrected chi connectivity index (χ3v) is 5.00. The molecule has 2 aromatic heterocycles. The summed E-state index contributed by atoms with van der Waals surface area (Å²) in [6.45, 7) is 8.63. The fourth-order valence-electron chi connectivity index (χ4n) is 3.81. The van der Waals surface area contributed by atoms with Gasteiger partial charge in [-0.3, -0.25) is 4.79 Å². The molecule has 2 aromatic rings. The van der Waals surface area contributed by atoms with Crippen molar-refractivity contribution in [3.05, 3.63) is 35.9 Å². The van der Waals surface area contributed by atoms with E-state index >= 15 is 0 Å². The smallest absolute Gasteiger partial charge is 0.224 e. The molecule has 25 heavy (non-hydrogen) atoms. The molecule has 0 unspecified atom stereocenters. The van der Waals surface area contributed by atoms with E-state index in [1.807, 2.05) is 31.3 Å². The SMILES string of the molecule is Cc1cn(C)c([C@H]2CCCN(C(=O)CCn3ccnc3C(C)C)C2)n1. The molecule has 1 aliphatic heterocycles. The molecule has 0 spiro atoms. The largest absolute Gasteiger partial charge is 0.342 e. The standard InChI is InChI=1S/C19H29N5O/c1-14(2)18-20-8-11-23(18)10-7-17(25)24-9-5-6-16(13-24)19-21-15(3)12-22(19)4/h8,11-12,14,16H,5-7,9-10,13H2,1-4H3/t16-/m0/s1. The second-order valence-corrected chi connectivity index (χ2v) is 7.41. The molecule has 6 nitrogen and oxygen atoms in total. The highest BCUT2D eigenvalue weighted by Gasteiger charge is 2.27. The van der Waals surface area contributed by atoms with Crippen molar-refractivity contribution in [2.24, 2.45) is 7.05 Å². The molecule has 1 saturated heterocycles. The third-order valence-electron chi connectivity index (χ3n) is 5.00. The van der Waals surface area contributed by atoms with Gasteiger partial charge >= 0.3 is 0 Å². The summed E-state index contributed by atoms with van der Waals surface area (Å²) in [6.07, 6.45) is 8.53. The van der Waals surface area contributed by atoms with Crippen molar-refractivity contribution in [3.63, 3.8) is 0 Å². The molecular weight excluding hydrogens is 314 g/mol. The van der Waals surface area contributed by atoms with Gasteiger partial charge in [0, 0.05) is 63.5 Å². The Morgan fingerprint density at radius 3 is 2.88 bits per heavy atom. The summed E-state index contributed by atoms with van der Waals surface area (Å²) < 4.78 is 4.21. The second-order valence-electron chi connectivity index (χ2n) is 7.41. The van der Waals surface area contributed by atoms with Crippen LogP contribution >= 0.6 is 0 Å². The predicted molar refractivity (Wildman–Crippen MR) is 97.4 cm³/mol. The Bertz CT molecular complexity index is 730. The van der Waals surface area contributed by atoms with Gasteiger partial charge in [-0.15, -0.1) is 0 Å². The van der Waals surface area contributed by atoms with Crippen LogP contribution in [-0.2, 0) is 18.4 Å². The number of hydrogen-bond acceptors (Lipinski definition) is 3. The van der Waals surface area contributed by atoms with Gasteiger partial charge in [-0.05, 0) is 19.8 Å². The van der Waals surface area contributed by atoms with Crippen LogP contribution in [0.2, 0.25) is 0 Å². The van der Waals surface area contributed by atoms with Crippen LogP contribution in [-0.4, -0.2) is 43.0 Å². The maximum absolute atomic E-state index is 12.7. The molecule has 1 fully saturated rings. The number of aryl methyl sites for hydroxylation is 3. The normalized spacial score (nSPS) is 18.1. The molecule has 3 heterocycles. The van der Waals surface area contributed by atoms with Gasteiger partial charge in [-0.2, -0.15) is 0 Å². The van der Waals surface area contributed by atoms with Crippen molar-refractivity contribution in [3.8, 4) is 0 Å². The van der Waals surface area contributed by atoms with Crippen molar-refractivity contribution >= 4 is 5.91 Å². The lowest BCUT2D eigenvalue weighted by molar-refractivity contribution is -0.132. The molecule has 0 aliphatic carbocycles. The zero-order chi connectivity index (χ0) is 18.0. The molecule has 0 N–H and O–H groups in total. The number of imidazole rings is 2. The molecule has 3 rings (SSSR count). The number of amides is 1. The first-order chi connectivity index (χ1) is 12.0. The van der Waals surface area contributed by atoms with Crippen LogP contribution in [0.15, 0.2) is 18.6 Å². The summed E-state index contributed by atoms with van der Waals surface area (Å²) in [4.78, 5) is 23.8. The monoisotopic (exact) mass is 343 g/mol. The zero-order valence-corrected chi connectivity index (χ0v) is 15.8. The van der Waals surface area contributed by atoms with Crippen molar-refractivity contribution in [2.45, 2.75) is 58.4 Å². The molecular formula is C19H29N5O.